The van der Waals surface area contributed by atoms with E-state index in [1.807, 2.05) is 0 Å². The summed E-state index contributed by atoms with van der Waals surface area (Å²) in [6.45, 7) is 6.04. The van der Waals surface area contributed by atoms with Gasteiger partial charge in [0.2, 0.25) is 0 Å². The van der Waals surface area contributed by atoms with E-state index in [0.29, 0.717) is 18.3 Å². The van der Waals surface area contributed by atoms with E-state index in [-0.39, 0.29) is 40.7 Å². The van der Waals surface area contributed by atoms with Gasteiger partial charge in [-0.1, -0.05) is 13.8 Å². The van der Waals surface area contributed by atoms with Gasteiger partial charge in [-0.3, -0.25) is 9.59 Å². The molecule has 0 aromatic heterocycles. The quantitative estimate of drug-likeness (QED) is 0.722. The van der Waals surface area contributed by atoms with Crippen LogP contribution in [0.15, 0.2) is 0 Å². The molecule has 4 aliphatic rings. The molecule has 0 aromatic carbocycles. The highest BCUT2D eigenvalue weighted by molar-refractivity contribution is 5.74. The van der Waals surface area contributed by atoms with E-state index < -0.39 is 5.60 Å². The number of hydrogen-bond donors (Lipinski definition) is 1. The normalized spacial score (nSPS) is 50.1. The number of esters is 2. The fourth-order valence-corrected chi connectivity index (χ4v) is 8.05. The maximum absolute atomic E-state index is 12.4. The van der Waals surface area contributed by atoms with Crippen LogP contribution in [0.1, 0.15) is 78.6 Å². The molecule has 1 N–H and O–H groups in total. The molecule has 0 unspecified atom stereocenters. The lowest BCUT2D eigenvalue weighted by atomic mass is 9.43. The topological polar surface area (TPSA) is 72.8 Å². The number of rotatable bonds is 2. The number of fused-ring (bicyclic) bond motifs is 5. The van der Waals surface area contributed by atoms with E-state index in [4.69, 9.17) is 9.47 Å². The van der Waals surface area contributed by atoms with Crippen molar-refractivity contribution in [3.05, 3.63) is 0 Å². The van der Waals surface area contributed by atoms with Crippen molar-refractivity contribution in [2.24, 2.45) is 34.5 Å². The zero-order valence-electron chi connectivity index (χ0n) is 17.8. The molecule has 8 atom stereocenters. The highest BCUT2D eigenvalue weighted by atomic mass is 16.5. The van der Waals surface area contributed by atoms with Gasteiger partial charge in [-0.25, -0.2) is 0 Å². The first-order valence-electron chi connectivity index (χ1n) is 11.1. The van der Waals surface area contributed by atoms with Crippen molar-refractivity contribution in [3.8, 4) is 0 Å². The summed E-state index contributed by atoms with van der Waals surface area (Å²) >= 11 is 0. The van der Waals surface area contributed by atoms with Crippen LogP contribution >= 0.6 is 0 Å². The summed E-state index contributed by atoms with van der Waals surface area (Å²) < 4.78 is 10.6. The van der Waals surface area contributed by atoms with Crippen LogP contribution < -0.4 is 0 Å². The highest BCUT2D eigenvalue weighted by Gasteiger charge is 2.68. The van der Waals surface area contributed by atoms with Crippen molar-refractivity contribution in [2.75, 3.05) is 7.11 Å². The van der Waals surface area contributed by atoms with E-state index in [9.17, 15) is 14.7 Å². The number of methoxy groups -OCH3 is 1. The van der Waals surface area contributed by atoms with Crippen LogP contribution in [-0.2, 0) is 19.1 Å². The summed E-state index contributed by atoms with van der Waals surface area (Å²) in [5.74, 6) is 0.779. The molecule has 4 saturated carbocycles. The molecule has 0 saturated heterocycles. The first kappa shape index (κ1) is 20.2. The van der Waals surface area contributed by atoms with Gasteiger partial charge in [-0.2, -0.15) is 0 Å². The summed E-state index contributed by atoms with van der Waals surface area (Å²) in [5, 5.41) is 12.0. The molecule has 0 heterocycles. The molecule has 28 heavy (non-hydrogen) atoms. The molecule has 0 bridgehead atoms. The Balaban J connectivity index is 1.58. The van der Waals surface area contributed by atoms with Crippen LogP contribution in [0, 0.1) is 34.5 Å². The van der Waals surface area contributed by atoms with Crippen molar-refractivity contribution in [1.29, 1.82) is 0 Å². The second-order valence-corrected chi connectivity index (χ2v) is 10.5. The molecule has 0 amide bonds. The molecule has 4 rings (SSSR count). The maximum atomic E-state index is 12.4. The van der Waals surface area contributed by atoms with E-state index in [0.717, 1.165) is 51.4 Å². The van der Waals surface area contributed by atoms with Gasteiger partial charge < -0.3 is 14.6 Å². The summed E-state index contributed by atoms with van der Waals surface area (Å²) in [4.78, 5) is 23.8. The molecule has 0 radical (unpaired) electrons. The van der Waals surface area contributed by atoms with Crippen LogP contribution in [0.5, 0.6) is 0 Å². The van der Waals surface area contributed by atoms with Gasteiger partial charge >= 0.3 is 11.9 Å². The lowest BCUT2D eigenvalue weighted by Gasteiger charge is -2.63. The van der Waals surface area contributed by atoms with Gasteiger partial charge in [0, 0.05) is 12.3 Å². The van der Waals surface area contributed by atoms with Crippen LogP contribution in [0.3, 0.4) is 0 Å². The molecular weight excluding hydrogens is 356 g/mol. The number of ether oxygens (including phenoxy) is 2. The Labute approximate surface area is 168 Å². The summed E-state index contributed by atoms with van der Waals surface area (Å²) in [5.41, 5.74) is -0.950. The Bertz CT molecular complexity index is 661. The Hall–Kier alpha value is -1.10. The molecule has 4 fully saturated rings. The zero-order chi connectivity index (χ0) is 20.3. The molecule has 5 nitrogen and oxygen atoms in total. The number of carbonyl (C=O) groups is 2. The summed E-state index contributed by atoms with van der Waals surface area (Å²) in [6, 6.07) is 0. The van der Waals surface area contributed by atoms with Gasteiger partial charge in [0.25, 0.3) is 0 Å². The smallest absolute Gasteiger partial charge is 0.309 e. The third-order valence-electron chi connectivity index (χ3n) is 9.62. The molecule has 5 heteroatoms. The second-order valence-electron chi connectivity index (χ2n) is 10.5. The third kappa shape index (κ3) is 2.68. The average molecular weight is 393 g/mol. The second kappa shape index (κ2) is 6.72. The van der Waals surface area contributed by atoms with Crippen molar-refractivity contribution in [2.45, 2.75) is 90.3 Å². The zero-order valence-corrected chi connectivity index (χ0v) is 17.8. The maximum Gasteiger partial charge on any atom is 0.309 e. The fraction of sp³-hybridized carbons (Fsp3) is 0.913. The molecule has 0 spiro atoms. The minimum atomic E-state index is -0.768. The minimum absolute atomic E-state index is 0.0549. The van der Waals surface area contributed by atoms with E-state index in [2.05, 4.69) is 13.8 Å². The van der Waals surface area contributed by atoms with Crippen molar-refractivity contribution >= 4 is 11.9 Å². The molecular formula is C23H36O5. The van der Waals surface area contributed by atoms with Gasteiger partial charge in [-0.05, 0) is 81.0 Å². The Morgan fingerprint density at radius 3 is 2.39 bits per heavy atom. The van der Waals surface area contributed by atoms with Gasteiger partial charge in [0.05, 0.1) is 18.6 Å². The number of carbonyl (C=O) groups excluding carboxylic acids is 2. The lowest BCUT2D eigenvalue weighted by Crippen LogP contribution is -2.62. The first-order chi connectivity index (χ1) is 13.2. The van der Waals surface area contributed by atoms with Crippen molar-refractivity contribution in [3.63, 3.8) is 0 Å². The minimum Gasteiger partial charge on any atom is -0.469 e. The predicted molar refractivity (Wildman–Crippen MR) is 104 cm³/mol. The molecule has 4 aliphatic carbocycles. The van der Waals surface area contributed by atoms with E-state index >= 15 is 0 Å². The molecule has 158 valence electrons. The summed E-state index contributed by atoms with van der Waals surface area (Å²) in [7, 11) is 1.46. The van der Waals surface area contributed by atoms with Crippen LogP contribution in [0.4, 0.5) is 0 Å². The van der Waals surface area contributed by atoms with Gasteiger partial charge in [0.1, 0.15) is 6.10 Å². The first-order valence-corrected chi connectivity index (χ1v) is 11.1. The van der Waals surface area contributed by atoms with E-state index in [1.54, 1.807) is 0 Å². The average Bonchev–Trinajstić information content (AvgIpc) is 2.92. The Morgan fingerprint density at radius 1 is 0.964 bits per heavy atom. The van der Waals surface area contributed by atoms with Crippen LogP contribution in [-0.4, -0.2) is 35.9 Å². The predicted octanol–water partition coefficient (Wildman–Crippen LogP) is 3.86. The van der Waals surface area contributed by atoms with Gasteiger partial charge in [-0.15, -0.1) is 0 Å². The van der Waals surface area contributed by atoms with E-state index in [1.165, 1.54) is 14.0 Å². The fourth-order valence-electron chi connectivity index (χ4n) is 8.05. The third-order valence-corrected chi connectivity index (χ3v) is 9.62. The van der Waals surface area contributed by atoms with Crippen molar-refractivity contribution < 1.29 is 24.2 Å². The number of hydrogen-bond acceptors (Lipinski definition) is 5. The Kier molecular flexibility index (Phi) is 4.84. The molecule has 0 aromatic rings. The van der Waals surface area contributed by atoms with Crippen LogP contribution in [0.2, 0.25) is 0 Å². The number of aliphatic hydroxyl groups is 1. The van der Waals surface area contributed by atoms with Gasteiger partial charge in [0.15, 0.2) is 0 Å². The summed E-state index contributed by atoms with van der Waals surface area (Å²) in [6.07, 6.45) is 8.49. The highest BCUT2D eigenvalue weighted by Crippen LogP contribution is 2.69. The largest absolute Gasteiger partial charge is 0.469 e. The molecule has 0 aliphatic heterocycles. The monoisotopic (exact) mass is 392 g/mol. The lowest BCUT2D eigenvalue weighted by molar-refractivity contribution is -0.214. The standard InChI is InChI=1S/C23H36O5/c1-14(24)28-16-7-10-21(2)15(13-16)5-6-18-17(21)8-11-22(3)19(20(25)27-4)9-12-23(18,22)26/h15-19,26H,5-13H2,1-4H3/t15-,16+,17-,18+,19+,21-,22+,23+/m0/s1. The van der Waals surface area contributed by atoms with Crippen LogP contribution in [0.25, 0.3) is 0 Å². The SMILES string of the molecule is COC(=O)[C@H]1CC[C@@]2(O)[C@@H]3CC[C@H]4C[C@H](OC(C)=O)CC[C@]4(C)[C@H]3CC[C@]12C. The Morgan fingerprint density at radius 2 is 1.71 bits per heavy atom. The van der Waals surface area contributed by atoms with Crippen molar-refractivity contribution in [1.82, 2.24) is 0 Å².